The van der Waals surface area contributed by atoms with E-state index in [2.05, 4.69) is 49.6 Å². The maximum atomic E-state index is 5.63. The average Bonchev–Trinajstić information content (AvgIpc) is 2.57. The summed E-state index contributed by atoms with van der Waals surface area (Å²) in [5.41, 5.74) is 4.74. The molecule has 24 heavy (non-hydrogen) atoms. The molecule has 4 heteroatoms. The Morgan fingerprint density at radius 1 is 1.08 bits per heavy atom. The van der Waals surface area contributed by atoms with Gasteiger partial charge in [0.05, 0.1) is 18.3 Å². The maximum absolute atomic E-state index is 5.63. The summed E-state index contributed by atoms with van der Waals surface area (Å²) in [5, 5.41) is 7.27. The van der Waals surface area contributed by atoms with E-state index in [-0.39, 0.29) is 6.04 Å². The first kappa shape index (κ1) is 18.3. The number of hydrogen-bond acceptors (Lipinski definition) is 2. The second-order valence-corrected chi connectivity index (χ2v) is 6.24. The number of rotatable bonds is 6. The molecule has 0 aliphatic carbocycles. The maximum Gasteiger partial charge on any atom is 0.171 e. The zero-order valence-corrected chi connectivity index (χ0v) is 15.7. The fourth-order valence-electron chi connectivity index (χ4n) is 2.57. The van der Waals surface area contributed by atoms with E-state index in [0.29, 0.717) is 11.7 Å². The largest absolute Gasteiger partial charge is 0.492 e. The lowest BCUT2D eigenvalue weighted by Gasteiger charge is -2.21. The predicted molar refractivity (Wildman–Crippen MR) is 106 cm³/mol. The number of hydrogen-bond donors (Lipinski definition) is 2. The average molecular weight is 343 g/mol. The van der Waals surface area contributed by atoms with Gasteiger partial charge in [0.25, 0.3) is 0 Å². The molecule has 0 fully saturated rings. The predicted octanol–water partition coefficient (Wildman–Crippen LogP) is 5.14. The van der Waals surface area contributed by atoms with Gasteiger partial charge in [-0.3, -0.25) is 0 Å². The number of anilines is 1. The molecule has 0 radical (unpaired) electrons. The number of thiocarbonyl (C=S) groups is 1. The third-order valence-corrected chi connectivity index (χ3v) is 4.30. The fourth-order valence-corrected chi connectivity index (χ4v) is 2.82. The van der Waals surface area contributed by atoms with E-state index in [9.17, 15) is 0 Å². The zero-order chi connectivity index (χ0) is 17.5. The molecule has 0 saturated carbocycles. The van der Waals surface area contributed by atoms with E-state index in [1.165, 1.54) is 16.7 Å². The topological polar surface area (TPSA) is 33.3 Å². The quantitative estimate of drug-likeness (QED) is 0.712. The third kappa shape index (κ3) is 4.71. The van der Waals surface area contributed by atoms with Crippen LogP contribution in [0.1, 0.15) is 43.0 Å². The normalized spacial score (nSPS) is 11.7. The van der Waals surface area contributed by atoms with Crippen molar-refractivity contribution in [1.29, 1.82) is 0 Å². The molecule has 0 aromatic heterocycles. The van der Waals surface area contributed by atoms with Crippen molar-refractivity contribution in [3.8, 4) is 5.75 Å². The molecule has 0 aliphatic rings. The van der Waals surface area contributed by atoms with E-state index in [0.717, 1.165) is 17.9 Å². The highest BCUT2D eigenvalue weighted by atomic mass is 32.1. The number of aryl methyl sites for hydroxylation is 2. The van der Waals surface area contributed by atoms with Gasteiger partial charge >= 0.3 is 0 Å². The molecule has 2 rings (SSSR count). The number of benzene rings is 2. The van der Waals surface area contributed by atoms with E-state index in [1.54, 1.807) is 0 Å². The molecular formula is C20H26N2OS. The van der Waals surface area contributed by atoms with Gasteiger partial charge in [-0.05, 0) is 68.2 Å². The SMILES string of the molecule is CCOc1ccccc1NC(=S)NC(CC)c1ccc(C)c(C)c1. The van der Waals surface area contributed by atoms with Crippen LogP contribution in [0.15, 0.2) is 42.5 Å². The van der Waals surface area contributed by atoms with Crippen molar-refractivity contribution in [2.24, 2.45) is 0 Å². The summed E-state index contributed by atoms with van der Waals surface area (Å²) < 4.78 is 5.63. The molecule has 128 valence electrons. The minimum Gasteiger partial charge on any atom is -0.492 e. The lowest BCUT2D eigenvalue weighted by molar-refractivity contribution is 0.342. The Balaban J connectivity index is 2.08. The van der Waals surface area contributed by atoms with Gasteiger partial charge < -0.3 is 15.4 Å². The molecule has 2 aromatic rings. The van der Waals surface area contributed by atoms with Crippen LogP contribution >= 0.6 is 12.2 Å². The van der Waals surface area contributed by atoms with Crippen molar-refractivity contribution in [2.75, 3.05) is 11.9 Å². The lowest BCUT2D eigenvalue weighted by atomic mass is 9.99. The molecular weight excluding hydrogens is 316 g/mol. The van der Waals surface area contributed by atoms with Crippen molar-refractivity contribution in [3.63, 3.8) is 0 Å². The highest BCUT2D eigenvalue weighted by Crippen LogP contribution is 2.24. The minimum absolute atomic E-state index is 0.184. The minimum atomic E-state index is 0.184. The molecule has 1 unspecified atom stereocenters. The summed E-state index contributed by atoms with van der Waals surface area (Å²) >= 11 is 5.50. The van der Waals surface area contributed by atoms with Crippen LogP contribution in [0.5, 0.6) is 5.75 Å². The lowest BCUT2D eigenvalue weighted by Crippen LogP contribution is -2.32. The van der Waals surface area contributed by atoms with Crippen molar-refractivity contribution >= 4 is 23.0 Å². The summed E-state index contributed by atoms with van der Waals surface area (Å²) in [6.07, 6.45) is 0.956. The summed E-state index contributed by atoms with van der Waals surface area (Å²) in [6.45, 7) is 9.02. The highest BCUT2D eigenvalue weighted by Gasteiger charge is 2.12. The third-order valence-electron chi connectivity index (χ3n) is 4.08. The van der Waals surface area contributed by atoms with Crippen molar-refractivity contribution in [2.45, 2.75) is 40.2 Å². The molecule has 3 nitrogen and oxygen atoms in total. The first-order valence-corrected chi connectivity index (χ1v) is 8.82. The van der Waals surface area contributed by atoms with Gasteiger partial charge in [0.2, 0.25) is 0 Å². The van der Waals surface area contributed by atoms with Gasteiger partial charge in [0.15, 0.2) is 5.11 Å². The van der Waals surface area contributed by atoms with E-state index in [1.807, 2.05) is 31.2 Å². The molecule has 0 amide bonds. The number of para-hydroxylation sites is 2. The van der Waals surface area contributed by atoms with Gasteiger partial charge in [-0.1, -0.05) is 37.3 Å². The zero-order valence-electron chi connectivity index (χ0n) is 14.8. The molecule has 0 aliphatic heterocycles. The molecule has 0 heterocycles. The van der Waals surface area contributed by atoms with Crippen molar-refractivity contribution in [1.82, 2.24) is 5.32 Å². The Bertz CT molecular complexity index is 700. The van der Waals surface area contributed by atoms with Crippen molar-refractivity contribution < 1.29 is 4.74 Å². The summed E-state index contributed by atoms with van der Waals surface area (Å²) in [7, 11) is 0. The van der Waals surface area contributed by atoms with Crippen LogP contribution in [0.3, 0.4) is 0 Å². The standard InChI is InChI=1S/C20H26N2OS/c1-5-17(16-12-11-14(3)15(4)13-16)21-20(24)22-18-9-7-8-10-19(18)23-6-2/h7-13,17H,5-6H2,1-4H3,(H2,21,22,24). The second kappa shape index (κ2) is 8.69. The van der Waals surface area contributed by atoms with Crippen LogP contribution in [-0.2, 0) is 0 Å². The Morgan fingerprint density at radius 3 is 2.50 bits per heavy atom. The number of nitrogens with one attached hydrogen (secondary N) is 2. The van der Waals surface area contributed by atoms with Gasteiger partial charge in [0, 0.05) is 0 Å². The molecule has 1 atom stereocenters. The first-order valence-electron chi connectivity index (χ1n) is 8.41. The van der Waals surface area contributed by atoms with Gasteiger partial charge in [-0.15, -0.1) is 0 Å². The molecule has 0 saturated heterocycles. The Hall–Kier alpha value is -2.07. The van der Waals surface area contributed by atoms with Crippen LogP contribution in [-0.4, -0.2) is 11.7 Å². The Kier molecular flexibility index (Phi) is 6.62. The van der Waals surface area contributed by atoms with Crippen LogP contribution in [0.2, 0.25) is 0 Å². The molecule has 0 spiro atoms. The number of ether oxygens (including phenoxy) is 1. The van der Waals surface area contributed by atoms with Crippen molar-refractivity contribution in [3.05, 3.63) is 59.2 Å². The molecule has 2 N–H and O–H groups in total. The van der Waals surface area contributed by atoms with Gasteiger partial charge in [-0.25, -0.2) is 0 Å². The Labute approximate surface area is 150 Å². The summed E-state index contributed by atoms with van der Waals surface area (Å²) in [5.74, 6) is 0.809. The monoisotopic (exact) mass is 342 g/mol. The highest BCUT2D eigenvalue weighted by molar-refractivity contribution is 7.80. The van der Waals surface area contributed by atoms with Gasteiger partial charge in [-0.2, -0.15) is 0 Å². The van der Waals surface area contributed by atoms with E-state index < -0.39 is 0 Å². The van der Waals surface area contributed by atoms with E-state index in [4.69, 9.17) is 17.0 Å². The summed E-state index contributed by atoms with van der Waals surface area (Å²) in [4.78, 5) is 0. The second-order valence-electron chi connectivity index (χ2n) is 5.83. The van der Waals surface area contributed by atoms with Crippen LogP contribution < -0.4 is 15.4 Å². The van der Waals surface area contributed by atoms with Crippen LogP contribution in [0, 0.1) is 13.8 Å². The van der Waals surface area contributed by atoms with Crippen LogP contribution in [0.25, 0.3) is 0 Å². The Morgan fingerprint density at radius 2 is 1.83 bits per heavy atom. The van der Waals surface area contributed by atoms with Crippen LogP contribution in [0.4, 0.5) is 5.69 Å². The first-order chi connectivity index (χ1) is 11.5. The van der Waals surface area contributed by atoms with E-state index >= 15 is 0 Å². The summed E-state index contributed by atoms with van der Waals surface area (Å²) in [6, 6.07) is 14.6. The molecule has 0 bridgehead atoms. The van der Waals surface area contributed by atoms with Gasteiger partial charge in [0.1, 0.15) is 5.75 Å². The fraction of sp³-hybridized carbons (Fsp3) is 0.350. The smallest absolute Gasteiger partial charge is 0.171 e. The molecule has 2 aromatic carbocycles.